The van der Waals surface area contributed by atoms with Gasteiger partial charge in [-0.15, -0.1) is 0 Å². The Morgan fingerprint density at radius 3 is 2.87 bits per heavy atom. The van der Waals surface area contributed by atoms with Crippen molar-refractivity contribution in [2.45, 2.75) is 12.5 Å². The highest BCUT2D eigenvalue weighted by atomic mass is 16.5. The van der Waals surface area contributed by atoms with Gasteiger partial charge in [-0.2, -0.15) is 0 Å². The molecule has 0 fully saturated rings. The standard InChI is InChI=1S/C25H23N5O/c26-19(10-18-13-30-24-6-2-1-5-22(18)24)14-29-20-11-21(16-28-15-20)31-25-7-3-4-17-12-27-9-8-23(17)25/h1-9,11-13,15-16,19,29-30H,10,14,26H2/t19-/m0/s1. The second-order valence-corrected chi connectivity index (χ2v) is 7.57. The lowest BCUT2D eigenvalue weighted by Crippen LogP contribution is -2.31. The molecule has 0 aliphatic rings. The van der Waals surface area contributed by atoms with Crippen molar-refractivity contribution in [3.05, 3.63) is 91.1 Å². The number of pyridine rings is 2. The first-order valence-corrected chi connectivity index (χ1v) is 10.3. The number of rotatable bonds is 7. The number of hydrogen-bond acceptors (Lipinski definition) is 5. The Hall–Kier alpha value is -3.90. The molecule has 154 valence electrons. The van der Waals surface area contributed by atoms with Crippen molar-refractivity contribution in [2.75, 3.05) is 11.9 Å². The van der Waals surface area contributed by atoms with Crippen LogP contribution in [0.4, 0.5) is 5.69 Å². The lowest BCUT2D eigenvalue weighted by molar-refractivity contribution is 0.486. The van der Waals surface area contributed by atoms with E-state index < -0.39 is 0 Å². The number of fused-ring (bicyclic) bond motifs is 2. The Labute approximate surface area is 180 Å². The van der Waals surface area contributed by atoms with Gasteiger partial charge in [0.05, 0.1) is 18.1 Å². The summed E-state index contributed by atoms with van der Waals surface area (Å²) >= 11 is 0. The zero-order valence-electron chi connectivity index (χ0n) is 17.0. The summed E-state index contributed by atoms with van der Waals surface area (Å²) in [6.45, 7) is 0.630. The van der Waals surface area contributed by atoms with E-state index in [2.05, 4.69) is 32.4 Å². The van der Waals surface area contributed by atoms with Crippen LogP contribution in [0.2, 0.25) is 0 Å². The zero-order chi connectivity index (χ0) is 21.0. The molecule has 0 amide bonds. The number of nitrogens with two attached hydrogens (primary N) is 1. The first-order chi connectivity index (χ1) is 15.3. The molecule has 0 unspecified atom stereocenters. The number of nitrogens with zero attached hydrogens (tertiary/aromatic N) is 2. The third-order valence-electron chi connectivity index (χ3n) is 5.31. The van der Waals surface area contributed by atoms with Gasteiger partial charge in [-0.1, -0.05) is 30.3 Å². The van der Waals surface area contributed by atoms with Gasteiger partial charge in [0.25, 0.3) is 0 Å². The van der Waals surface area contributed by atoms with Crippen LogP contribution in [0.1, 0.15) is 5.56 Å². The van der Waals surface area contributed by atoms with E-state index in [-0.39, 0.29) is 6.04 Å². The smallest absolute Gasteiger partial charge is 0.147 e. The van der Waals surface area contributed by atoms with Gasteiger partial charge in [0, 0.05) is 58.9 Å². The maximum Gasteiger partial charge on any atom is 0.147 e. The third-order valence-corrected chi connectivity index (χ3v) is 5.31. The van der Waals surface area contributed by atoms with Crippen molar-refractivity contribution in [1.82, 2.24) is 15.0 Å². The van der Waals surface area contributed by atoms with E-state index in [1.165, 1.54) is 10.9 Å². The molecule has 5 rings (SSSR count). The predicted octanol–water partition coefficient (Wildman–Crippen LogP) is 4.89. The number of benzene rings is 2. The fraction of sp³-hybridized carbons (Fsp3) is 0.120. The number of H-pyrrole nitrogens is 1. The summed E-state index contributed by atoms with van der Waals surface area (Å²) in [6, 6.07) is 18.0. The van der Waals surface area contributed by atoms with Crippen molar-refractivity contribution < 1.29 is 4.74 Å². The van der Waals surface area contributed by atoms with Crippen molar-refractivity contribution in [1.29, 1.82) is 0 Å². The van der Waals surface area contributed by atoms with Gasteiger partial charge >= 0.3 is 0 Å². The van der Waals surface area contributed by atoms with Crippen LogP contribution in [0.3, 0.4) is 0 Å². The lowest BCUT2D eigenvalue weighted by Gasteiger charge is -2.14. The number of para-hydroxylation sites is 1. The molecule has 3 aromatic heterocycles. The minimum atomic E-state index is -0.0330. The molecule has 3 heterocycles. The molecule has 6 heteroatoms. The summed E-state index contributed by atoms with van der Waals surface area (Å²) in [4.78, 5) is 11.8. The average Bonchev–Trinajstić information content (AvgIpc) is 3.21. The molecule has 4 N–H and O–H groups in total. The maximum atomic E-state index is 6.39. The van der Waals surface area contributed by atoms with Gasteiger partial charge in [-0.05, 0) is 30.2 Å². The van der Waals surface area contributed by atoms with E-state index in [9.17, 15) is 0 Å². The number of hydrogen-bond donors (Lipinski definition) is 3. The van der Waals surface area contributed by atoms with Gasteiger partial charge < -0.3 is 20.8 Å². The van der Waals surface area contributed by atoms with Crippen LogP contribution in [0.25, 0.3) is 21.7 Å². The van der Waals surface area contributed by atoms with E-state index in [4.69, 9.17) is 10.5 Å². The van der Waals surface area contributed by atoms with Gasteiger partial charge in [0.15, 0.2) is 0 Å². The minimum absolute atomic E-state index is 0.0330. The molecule has 0 spiro atoms. The quantitative estimate of drug-likeness (QED) is 0.356. The highest BCUT2D eigenvalue weighted by molar-refractivity contribution is 5.87. The van der Waals surface area contributed by atoms with Crippen molar-refractivity contribution in [2.24, 2.45) is 5.73 Å². The Morgan fingerprint density at radius 2 is 1.90 bits per heavy atom. The monoisotopic (exact) mass is 409 g/mol. The van der Waals surface area contributed by atoms with E-state index in [1.54, 1.807) is 18.6 Å². The number of aromatic nitrogens is 3. The van der Waals surface area contributed by atoms with Crippen LogP contribution in [0.5, 0.6) is 11.5 Å². The highest BCUT2D eigenvalue weighted by Crippen LogP contribution is 2.30. The van der Waals surface area contributed by atoms with Gasteiger partial charge in [-0.25, -0.2) is 0 Å². The van der Waals surface area contributed by atoms with Crippen LogP contribution in [0.15, 0.2) is 85.6 Å². The lowest BCUT2D eigenvalue weighted by atomic mass is 10.1. The Kier molecular flexibility index (Phi) is 5.21. The summed E-state index contributed by atoms with van der Waals surface area (Å²) < 4.78 is 6.11. The number of aromatic amines is 1. The van der Waals surface area contributed by atoms with Crippen molar-refractivity contribution in [3.63, 3.8) is 0 Å². The molecule has 5 aromatic rings. The summed E-state index contributed by atoms with van der Waals surface area (Å²) in [6.07, 6.45) is 9.90. The van der Waals surface area contributed by atoms with Crippen molar-refractivity contribution in [3.8, 4) is 11.5 Å². The van der Waals surface area contributed by atoms with Crippen LogP contribution in [-0.2, 0) is 6.42 Å². The van der Waals surface area contributed by atoms with Crippen LogP contribution < -0.4 is 15.8 Å². The molecule has 0 bridgehead atoms. The summed E-state index contributed by atoms with van der Waals surface area (Å²) in [5, 5.41) is 6.65. The molecular weight excluding hydrogens is 386 g/mol. The molecule has 31 heavy (non-hydrogen) atoms. The van der Waals surface area contributed by atoms with E-state index in [0.29, 0.717) is 12.3 Å². The number of anilines is 1. The van der Waals surface area contributed by atoms with E-state index >= 15 is 0 Å². The fourth-order valence-electron chi connectivity index (χ4n) is 3.78. The van der Waals surface area contributed by atoms with Crippen LogP contribution in [0, 0.1) is 0 Å². The molecule has 0 saturated heterocycles. The Balaban J connectivity index is 1.25. The largest absolute Gasteiger partial charge is 0.455 e. The molecule has 0 aliphatic heterocycles. The molecule has 6 nitrogen and oxygen atoms in total. The van der Waals surface area contributed by atoms with Gasteiger partial charge in [0.2, 0.25) is 0 Å². The molecule has 0 saturated carbocycles. The molecule has 2 aromatic carbocycles. The maximum absolute atomic E-state index is 6.39. The Morgan fingerprint density at radius 1 is 0.968 bits per heavy atom. The fourth-order valence-corrected chi connectivity index (χ4v) is 3.78. The highest BCUT2D eigenvalue weighted by Gasteiger charge is 2.10. The first kappa shape index (κ1) is 19.1. The molecular formula is C25H23N5O. The van der Waals surface area contributed by atoms with Gasteiger partial charge in [-0.3, -0.25) is 9.97 Å². The predicted molar refractivity (Wildman–Crippen MR) is 125 cm³/mol. The third kappa shape index (κ3) is 4.20. The van der Waals surface area contributed by atoms with Crippen LogP contribution in [-0.4, -0.2) is 27.5 Å². The molecule has 0 aliphatic carbocycles. The zero-order valence-corrected chi connectivity index (χ0v) is 17.0. The van der Waals surface area contributed by atoms with Crippen molar-refractivity contribution >= 4 is 27.4 Å². The second-order valence-electron chi connectivity index (χ2n) is 7.57. The Bertz CT molecular complexity index is 1320. The SMILES string of the molecule is N[C@H](CNc1cncc(Oc2cccc3cnccc23)c1)Cc1c[nH]c2ccccc12. The summed E-state index contributed by atoms with van der Waals surface area (Å²) in [5.41, 5.74) is 9.63. The van der Waals surface area contributed by atoms with E-state index in [1.807, 2.05) is 54.9 Å². The first-order valence-electron chi connectivity index (χ1n) is 10.3. The number of ether oxygens (including phenoxy) is 1. The normalized spacial score (nSPS) is 12.2. The van der Waals surface area contributed by atoms with Gasteiger partial charge in [0.1, 0.15) is 11.5 Å². The summed E-state index contributed by atoms with van der Waals surface area (Å²) in [7, 11) is 0. The molecule has 0 radical (unpaired) electrons. The average molecular weight is 409 g/mol. The van der Waals surface area contributed by atoms with E-state index in [0.717, 1.165) is 34.1 Å². The summed E-state index contributed by atoms with van der Waals surface area (Å²) in [5.74, 6) is 1.44. The van der Waals surface area contributed by atoms with Crippen LogP contribution >= 0.6 is 0 Å². The second kappa shape index (κ2) is 8.45. The minimum Gasteiger partial charge on any atom is -0.455 e. The topological polar surface area (TPSA) is 88.8 Å². The molecule has 1 atom stereocenters. The number of nitrogens with one attached hydrogen (secondary N) is 2.